The number of rotatable bonds is 7. The number of carboxylic acid groups (broad SMARTS) is 1. The molecule has 232 valence electrons. The van der Waals surface area contributed by atoms with Crippen LogP contribution in [0.2, 0.25) is 0 Å². The van der Waals surface area contributed by atoms with Gasteiger partial charge in [0.15, 0.2) is 6.10 Å². The molecule has 1 saturated heterocycles. The summed E-state index contributed by atoms with van der Waals surface area (Å²) in [5.74, 6) is 1.45. The summed E-state index contributed by atoms with van der Waals surface area (Å²) in [4.78, 5) is 22.9. The standard InChI is InChI=1S/C37H51N3O3/c1-23-31(28-10-11-29-21-39(15-12-27(29)20-28)22-30-19-25-8-9-26(30)18-25)33(40-16-13-37(6,7)14-17-40)32(24(2)38-23)34(35(41)42)43-36(3,4)5/h8-11,20,25-26,30,34H,12-19,21-22H2,1-7H3,(H,41,42)/t25-,26?,30+,34-/m0/s1. The molecule has 4 atom stereocenters. The number of hydrogen-bond donors (Lipinski definition) is 1. The van der Waals surface area contributed by atoms with Crippen LogP contribution in [0.25, 0.3) is 11.1 Å². The molecular formula is C37H51N3O3. The number of anilines is 1. The minimum atomic E-state index is -1.09. The lowest BCUT2D eigenvalue weighted by molar-refractivity contribution is -0.160. The number of aryl methyl sites for hydroxylation is 2. The summed E-state index contributed by atoms with van der Waals surface area (Å²) in [5.41, 5.74) is 8.07. The number of allylic oxidation sites excluding steroid dienone is 2. The first-order valence-electron chi connectivity index (χ1n) is 16.5. The number of nitrogens with zero attached hydrogens (tertiary/aromatic N) is 3. The normalized spacial score (nSPS) is 25.7. The van der Waals surface area contributed by atoms with Crippen molar-refractivity contribution >= 4 is 11.7 Å². The molecule has 2 bridgehead atoms. The van der Waals surface area contributed by atoms with E-state index in [4.69, 9.17) is 9.72 Å². The van der Waals surface area contributed by atoms with E-state index in [1.54, 1.807) is 0 Å². The number of benzene rings is 1. The van der Waals surface area contributed by atoms with Gasteiger partial charge in [0.2, 0.25) is 0 Å². The number of hydrogen-bond acceptors (Lipinski definition) is 5. The summed E-state index contributed by atoms with van der Waals surface area (Å²) in [6.07, 6.45) is 9.70. The molecule has 2 aromatic rings. The smallest absolute Gasteiger partial charge is 0.337 e. The average Bonchev–Trinajstić information content (AvgIpc) is 3.54. The Hall–Kier alpha value is -2.70. The van der Waals surface area contributed by atoms with Crippen molar-refractivity contribution in [3.8, 4) is 11.1 Å². The summed E-state index contributed by atoms with van der Waals surface area (Å²) in [6, 6.07) is 6.94. The van der Waals surface area contributed by atoms with Crippen LogP contribution in [0.4, 0.5) is 5.69 Å². The molecule has 2 aliphatic heterocycles. The molecule has 0 spiro atoms. The maximum absolute atomic E-state index is 12.8. The van der Waals surface area contributed by atoms with E-state index < -0.39 is 17.7 Å². The molecule has 3 heterocycles. The summed E-state index contributed by atoms with van der Waals surface area (Å²) in [7, 11) is 0. The second-order valence-corrected chi connectivity index (χ2v) is 15.5. The third-order valence-corrected chi connectivity index (χ3v) is 10.5. The van der Waals surface area contributed by atoms with Crippen molar-refractivity contribution in [2.24, 2.45) is 23.2 Å². The van der Waals surface area contributed by atoms with Gasteiger partial charge in [-0.05, 0) is 107 Å². The van der Waals surface area contributed by atoms with Gasteiger partial charge in [-0.3, -0.25) is 9.88 Å². The molecule has 1 N–H and O–H groups in total. The summed E-state index contributed by atoms with van der Waals surface area (Å²) >= 11 is 0. The van der Waals surface area contributed by atoms with Gasteiger partial charge in [-0.2, -0.15) is 0 Å². The Morgan fingerprint density at radius 1 is 1.07 bits per heavy atom. The van der Waals surface area contributed by atoms with Gasteiger partial charge >= 0.3 is 5.97 Å². The molecule has 6 nitrogen and oxygen atoms in total. The van der Waals surface area contributed by atoms with Crippen molar-refractivity contribution in [2.75, 3.05) is 31.1 Å². The van der Waals surface area contributed by atoms with Crippen molar-refractivity contribution in [1.82, 2.24) is 9.88 Å². The molecule has 1 unspecified atom stereocenters. The Balaban J connectivity index is 1.37. The van der Waals surface area contributed by atoms with Crippen LogP contribution in [-0.2, 0) is 22.5 Å². The van der Waals surface area contributed by atoms with E-state index in [-0.39, 0.29) is 5.41 Å². The van der Waals surface area contributed by atoms with Crippen LogP contribution in [-0.4, -0.2) is 52.7 Å². The first kappa shape index (κ1) is 30.3. The highest BCUT2D eigenvalue weighted by Gasteiger charge is 2.38. The monoisotopic (exact) mass is 585 g/mol. The maximum Gasteiger partial charge on any atom is 0.337 e. The lowest BCUT2D eigenvalue weighted by atomic mass is 9.81. The van der Waals surface area contributed by atoms with Crippen LogP contribution in [0.1, 0.15) is 94.5 Å². The largest absolute Gasteiger partial charge is 0.479 e. The van der Waals surface area contributed by atoms with Crippen molar-refractivity contribution in [3.63, 3.8) is 0 Å². The van der Waals surface area contributed by atoms with Crippen molar-refractivity contribution < 1.29 is 14.6 Å². The maximum atomic E-state index is 12.8. The van der Waals surface area contributed by atoms with E-state index in [1.165, 1.54) is 30.5 Å². The predicted molar refractivity (Wildman–Crippen MR) is 173 cm³/mol. The number of carbonyl (C=O) groups is 1. The molecule has 1 aromatic carbocycles. The highest BCUT2D eigenvalue weighted by Crippen LogP contribution is 2.46. The van der Waals surface area contributed by atoms with E-state index in [1.807, 2.05) is 27.7 Å². The predicted octanol–water partition coefficient (Wildman–Crippen LogP) is 7.50. The van der Waals surface area contributed by atoms with Crippen LogP contribution in [0.5, 0.6) is 0 Å². The van der Waals surface area contributed by atoms with E-state index in [9.17, 15) is 9.90 Å². The molecule has 0 amide bonds. The van der Waals surface area contributed by atoms with Gasteiger partial charge < -0.3 is 14.7 Å². The Kier molecular flexibility index (Phi) is 8.00. The van der Waals surface area contributed by atoms with Gasteiger partial charge in [0.25, 0.3) is 0 Å². The summed E-state index contributed by atoms with van der Waals surface area (Å²) in [6.45, 7) is 19.5. The number of aliphatic carboxylic acids is 1. The second kappa shape index (κ2) is 11.3. The average molecular weight is 586 g/mol. The van der Waals surface area contributed by atoms with Gasteiger partial charge in [-0.25, -0.2) is 4.79 Å². The molecule has 4 aliphatic rings. The van der Waals surface area contributed by atoms with Crippen LogP contribution in [0.3, 0.4) is 0 Å². The molecule has 2 fully saturated rings. The van der Waals surface area contributed by atoms with E-state index in [0.29, 0.717) is 5.56 Å². The van der Waals surface area contributed by atoms with E-state index >= 15 is 0 Å². The third kappa shape index (κ3) is 6.28. The molecule has 6 rings (SSSR count). The van der Waals surface area contributed by atoms with Gasteiger partial charge in [0.1, 0.15) is 0 Å². The molecule has 1 aromatic heterocycles. The second-order valence-electron chi connectivity index (χ2n) is 15.5. The van der Waals surface area contributed by atoms with Crippen LogP contribution < -0.4 is 4.90 Å². The van der Waals surface area contributed by atoms with Crippen LogP contribution in [0, 0.1) is 37.0 Å². The Bertz CT molecular complexity index is 1410. The zero-order chi connectivity index (χ0) is 30.7. The number of ether oxygens (including phenoxy) is 1. The fourth-order valence-electron chi connectivity index (χ4n) is 8.11. The number of pyridine rings is 1. The zero-order valence-electron chi connectivity index (χ0n) is 27.4. The van der Waals surface area contributed by atoms with Crippen LogP contribution in [0.15, 0.2) is 30.4 Å². The number of piperidine rings is 1. The molecule has 2 aliphatic carbocycles. The minimum absolute atomic E-state index is 0.272. The lowest BCUT2D eigenvalue weighted by Gasteiger charge is -2.41. The highest BCUT2D eigenvalue weighted by atomic mass is 16.5. The highest BCUT2D eigenvalue weighted by molar-refractivity contribution is 5.88. The first-order valence-corrected chi connectivity index (χ1v) is 16.5. The zero-order valence-corrected chi connectivity index (χ0v) is 27.4. The molecule has 6 heteroatoms. The lowest BCUT2D eigenvalue weighted by Crippen LogP contribution is -2.39. The fraction of sp³-hybridized carbons (Fsp3) is 0.622. The molecule has 0 radical (unpaired) electrons. The minimum Gasteiger partial charge on any atom is -0.479 e. The Morgan fingerprint density at radius 2 is 1.81 bits per heavy atom. The fourth-order valence-corrected chi connectivity index (χ4v) is 8.11. The molecule has 43 heavy (non-hydrogen) atoms. The quantitative estimate of drug-likeness (QED) is 0.340. The number of fused-ring (bicyclic) bond motifs is 3. The number of aromatic nitrogens is 1. The van der Waals surface area contributed by atoms with Gasteiger partial charge in [0, 0.05) is 55.2 Å². The van der Waals surface area contributed by atoms with E-state index in [0.717, 1.165) is 91.4 Å². The summed E-state index contributed by atoms with van der Waals surface area (Å²) < 4.78 is 6.27. The van der Waals surface area contributed by atoms with Crippen molar-refractivity contribution in [2.45, 2.75) is 98.8 Å². The topological polar surface area (TPSA) is 65.9 Å². The molecular weight excluding hydrogens is 534 g/mol. The van der Waals surface area contributed by atoms with Gasteiger partial charge in [-0.1, -0.05) is 44.2 Å². The van der Waals surface area contributed by atoms with Crippen molar-refractivity contribution in [3.05, 3.63) is 58.4 Å². The number of carboxylic acids is 1. The van der Waals surface area contributed by atoms with Gasteiger partial charge in [-0.15, -0.1) is 0 Å². The van der Waals surface area contributed by atoms with Crippen LogP contribution >= 0.6 is 0 Å². The van der Waals surface area contributed by atoms with E-state index in [2.05, 4.69) is 60.9 Å². The third-order valence-electron chi connectivity index (χ3n) is 10.5. The Labute approximate surface area is 258 Å². The van der Waals surface area contributed by atoms with Crippen molar-refractivity contribution in [1.29, 1.82) is 0 Å². The SMILES string of the molecule is Cc1nc(C)c([C@H](OC(C)(C)C)C(=O)O)c(N2CCC(C)(C)CC2)c1-c1ccc2c(c1)CCN(C[C@H]1C[C@H]3C=CC1C3)C2. The molecule has 1 saturated carbocycles. The Morgan fingerprint density at radius 3 is 2.44 bits per heavy atom. The first-order chi connectivity index (χ1) is 20.3. The van der Waals surface area contributed by atoms with Gasteiger partial charge in [0.05, 0.1) is 11.3 Å². The summed E-state index contributed by atoms with van der Waals surface area (Å²) in [5, 5.41) is 10.5.